The van der Waals surface area contributed by atoms with E-state index in [1.165, 1.54) is 12.8 Å². The standard InChI is InChI=1S/C14H24N4O/c1-3-8-18(11-12-5-4-6-15-10-12)13-14(19)17(2)9-7-16-13/h7,9,12,15H,3-6,8,10-11H2,1-2H3. The second-order valence-corrected chi connectivity index (χ2v) is 5.33. The van der Waals surface area contributed by atoms with Gasteiger partial charge in [0.1, 0.15) is 0 Å². The average Bonchev–Trinajstić information content (AvgIpc) is 2.43. The minimum absolute atomic E-state index is 0.000261. The summed E-state index contributed by atoms with van der Waals surface area (Å²) in [5, 5.41) is 3.43. The first-order valence-electron chi connectivity index (χ1n) is 7.19. The molecule has 0 bridgehead atoms. The minimum atomic E-state index is -0.000261. The number of aryl methyl sites for hydroxylation is 1. The molecule has 0 aromatic carbocycles. The van der Waals surface area contributed by atoms with Gasteiger partial charge in [-0.05, 0) is 38.3 Å². The molecule has 5 nitrogen and oxygen atoms in total. The highest BCUT2D eigenvalue weighted by atomic mass is 16.1. The fourth-order valence-corrected chi connectivity index (χ4v) is 2.65. The third-order valence-corrected chi connectivity index (χ3v) is 3.67. The number of nitrogens with zero attached hydrogens (tertiary/aromatic N) is 3. The highest BCUT2D eigenvalue weighted by Crippen LogP contribution is 2.14. The van der Waals surface area contributed by atoms with E-state index in [1.807, 2.05) is 0 Å². The van der Waals surface area contributed by atoms with Crippen LogP contribution in [0.3, 0.4) is 0 Å². The van der Waals surface area contributed by atoms with Crippen LogP contribution in [-0.4, -0.2) is 35.7 Å². The normalized spacial score (nSPS) is 19.4. The third kappa shape index (κ3) is 3.56. The Morgan fingerprint density at radius 1 is 1.58 bits per heavy atom. The van der Waals surface area contributed by atoms with E-state index >= 15 is 0 Å². The molecule has 19 heavy (non-hydrogen) atoms. The van der Waals surface area contributed by atoms with Crippen molar-refractivity contribution in [1.82, 2.24) is 14.9 Å². The molecule has 1 aliphatic rings. The van der Waals surface area contributed by atoms with Crippen LogP contribution in [0, 0.1) is 5.92 Å². The van der Waals surface area contributed by atoms with Crippen LogP contribution in [0.1, 0.15) is 26.2 Å². The zero-order chi connectivity index (χ0) is 13.7. The minimum Gasteiger partial charge on any atom is -0.352 e. The molecule has 1 aromatic rings. The van der Waals surface area contributed by atoms with Crippen molar-refractivity contribution in [2.45, 2.75) is 26.2 Å². The van der Waals surface area contributed by atoms with E-state index in [0.717, 1.165) is 32.6 Å². The van der Waals surface area contributed by atoms with Gasteiger partial charge in [-0.15, -0.1) is 0 Å². The molecule has 0 amide bonds. The van der Waals surface area contributed by atoms with Gasteiger partial charge < -0.3 is 14.8 Å². The molecule has 1 atom stereocenters. The predicted octanol–water partition coefficient (Wildman–Crippen LogP) is 0.996. The number of piperidine rings is 1. The summed E-state index contributed by atoms with van der Waals surface area (Å²) in [6.07, 6.45) is 6.90. The van der Waals surface area contributed by atoms with Crippen LogP contribution < -0.4 is 15.8 Å². The quantitative estimate of drug-likeness (QED) is 0.862. The first-order valence-corrected chi connectivity index (χ1v) is 7.19. The van der Waals surface area contributed by atoms with E-state index in [0.29, 0.717) is 11.7 Å². The van der Waals surface area contributed by atoms with Crippen LogP contribution in [0.2, 0.25) is 0 Å². The maximum absolute atomic E-state index is 12.2. The summed E-state index contributed by atoms with van der Waals surface area (Å²) in [4.78, 5) is 18.6. The number of nitrogens with one attached hydrogen (secondary N) is 1. The summed E-state index contributed by atoms with van der Waals surface area (Å²) in [6, 6.07) is 0. The molecule has 5 heteroatoms. The monoisotopic (exact) mass is 264 g/mol. The van der Waals surface area contributed by atoms with Gasteiger partial charge in [0.25, 0.3) is 5.56 Å². The Kier molecular flexibility index (Phi) is 4.96. The van der Waals surface area contributed by atoms with Crippen LogP contribution in [0.4, 0.5) is 5.82 Å². The lowest BCUT2D eigenvalue weighted by atomic mass is 9.99. The van der Waals surface area contributed by atoms with Crippen LogP contribution >= 0.6 is 0 Å². The maximum atomic E-state index is 12.2. The van der Waals surface area contributed by atoms with Crippen LogP contribution in [0.15, 0.2) is 17.2 Å². The van der Waals surface area contributed by atoms with Gasteiger partial charge >= 0.3 is 0 Å². The molecule has 0 spiro atoms. The molecule has 1 unspecified atom stereocenters. The van der Waals surface area contributed by atoms with Gasteiger partial charge in [0, 0.05) is 32.5 Å². The van der Waals surface area contributed by atoms with Crippen molar-refractivity contribution >= 4 is 5.82 Å². The van der Waals surface area contributed by atoms with Crippen molar-refractivity contribution in [3.8, 4) is 0 Å². The SMILES string of the molecule is CCCN(CC1CCCNC1)c1nccn(C)c1=O. The lowest BCUT2D eigenvalue weighted by molar-refractivity contribution is 0.375. The highest BCUT2D eigenvalue weighted by molar-refractivity contribution is 5.35. The molecule has 0 saturated carbocycles. The van der Waals surface area contributed by atoms with Crippen molar-refractivity contribution < 1.29 is 0 Å². The molecule has 1 aliphatic heterocycles. The Morgan fingerprint density at radius 2 is 2.42 bits per heavy atom. The molecule has 0 radical (unpaired) electrons. The smallest absolute Gasteiger partial charge is 0.293 e. The van der Waals surface area contributed by atoms with E-state index in [2.05, 4.69) is 22.1 Å². The molecule has 0 aliphatic carbocycles. The molecule has 1 aromatic heterocycles. The summed E-state index contributed by atoms with van der Waals surface area (Å²) in [5.74, 6) is 1.21. The fraction of sp³-hybridized carbons (Fsp3) is 0.714. The Bertz CT molecular complexity index is 451. The first kappa shape index (κ1) is 14.1. The first-order chi connectivity index (χ1) is 9.22. The molecule has 1 fully saturated rings. The molecule has 1 saturated heterocycles. The highest BCUT2D eigenvalue weighted by Gasteiger charge is 2.19. The van der Waals surface area contributed by atoms with Crippen LogP contribution in [0.5, 0.6) is 0 Å². The number of aromatic nitrogens is 2. The Labute approximate surface area is 114 Å². The van der Waals surface area contributed by atoms with Gasteiger partial charge in [-0.25, -0.2) is 4.98 Å². The van der Waals surface area contributed by atoms with E-state index in [-0.39, 0.29) is 5.56 Å². The van der Waals surface area contributed by atoms with Crippen LogP contribution in [0.25, 0.3) is 0 Å². The third-order valence-electron chi connectivity index (χ3n) is 3.67. The zero-order valence-electron chi connectivity index (χ0n) is 11.9. The summed E-state index contributed by atoms with van der Waals surface area (Å²) in [7, 11) is 1.78. The largest absolute Gasteiger partial charge is 0.352 e. The zero-order valence-corrected chi connectivity index (χ0v) is 11.9. The van der Waals surface area contributed by atoms with Crippen LogP contribution in [-0.2, 0) is 7.05 Å². The molecular formula is C14H24N4O. The Morgan fingerprint density at radius 3 is 3.11 bits per heavy atom. The lowest BCUT2D eigenvalue weighted by Gasteiger charge is -2.30. The molecule has 2 heterocycles. The van der Waals surface area contributed by atoms with Crippen molar-refractivity contribution in [3.05, 3.63) is 22.7 Å². The second-order valence-electron chi connectivity index (χ2n) is 5.33. The molecular weight excluding hydrogens is 240 g/mol. The van der Waals surface area contributed by atoms with Gasteiger partial charge in [0.2, 0.25) is 0 Å². The van der Waals surface area contributed by atoms with E-state index in [1.54, 1.807) is 24.0 Å². The summed E-state index contributed by atoms with van der Waals surface area (Å²) in [5.41, 5.74) is -0.000261. The second kappa shape index (κ2) is 6.70. The van der Waals surface area contributed by atoms with Crippen molar-refractivity contribution in [1.29, 1.82) is 0 Å². The summed E-state index contributed by atoms with van der Waals surface area (Å²) < 4.78 is 1.60. The molecule has 106 valence electrons. The van der Waals surface area contributed by atoms with E-state index < -0.39 is 0 Å². The van der Waals surface area contributed by atoms with Gasteiger partial charge in [0.05, 0.1) is 0 Å². The van der Waals surface area contributed by atoms with Gasteiger partial charge in [0.15, 0.2) is 5.82 Å². The average molecular weight is 264 g/mol. The molecule has 2 rings (SSSR count). The number of hydrogen-bond acceptors (Lipinski definition) is 4. The lowest BCUT2D eigenvalue weighted by Crippen LogP contribution is -2.41. The van der Waals surface area contributed by atoms with Crippen molar-refractivity contribution in [2.75, 3.05) is 31.1 Å². The molecule has 1 N–H and O–H groups in total. The fourth-order valence-electron chi connectivity index (χ4n) is 2.65. The van der Waals surface area contributed by atoms with Gasteiger partial charge in [-0.2, -0.15) is 0 Å². The van der Waals surface area contributed by atoms with E-state index in [4.69, 9.17) is 0 Å². The number of rotatable bonds is 5. The van der Waals surface area contributed by atoms with Crippen molar-refractivity contribution in [2.24, 2.45) is 13.0 Å². The Balaban J connectivity index is 2.14. The number of hydrogen-bond donors (Lipinski definition) is 1. The van der Waals surface area contributed by atoms with Gasteiger partial charge in [-0.1, -0.05) is 6.92 Å². The summed E-state index contributed by atoms with van der Waals surface area (Å²) >= 11 is 0. The predicted molar refractivity (Wildman–Crippen MR) is 77.6 cm³/mol. The van der Waals surface area contributed by atoms with Crippen molar-refractivity contribution in [3.63, 3.8) is 0 Å². The maximum Gasteiger partial charge on any atom is 0.293 e. The number of anilines is 1. The topological polar surface area (TPSA) is 50.2 Å². The summed E-state index contributed by atoms with van der Waals surface area (Å²) in [6.45, 7) is 6.12. The van der Waals surface area contributed by atoms with Gasteiger partial charge in [-0.3, -0.25) is 4.79 Å². The Hall–Kier alpha value is -1.36. The van der Waals surface area contributed by atoms with E-state index in [9.17, 15) is 4.79 Å².